The molecule has 21 heteroatoms. The van der Waals surface area contributed by atoms with Crippen molar-refractivity contribution in [3.63, 3.8) is 0 Å². The lowest BCUT2D eigenvalue weighted by Gasteiger charge is -2.09. The zero-order chi connectivity index (χ0) is 43.0. The molecule has 8 aromatic rings. The molecule has 0 aliphatic rings. The van der Waals surface area contributed by atoms with Gasteiger partial charge in [0.15, 0.2) is 0 Å². The number of aromatic nitrogens is 10. The van der Waals surface area contributed by atoms with E-state index in [0.717, 1.165) is 19.7 Å². The number of aromatic amines is 4. The Labute approximate surface area is 362 Å². The van der Waals surface area contributed by atoms with Crippen molar-refractivity contribution in [1.29, 1.82) is 0 Å². The van der Waals surface area contributed by atoms with Crippen LogP contribution in [0.5, 0.6) is 0 Å². The van der Waals surface area contributed by atoms with Gasteiger partial charge in [-0.25, -0.2) is 0 Å². The first-order valence-electron chi connectivity index (χ1n) is 18.5. The Kier molecular flexibility index (Phi) is 13.0. The number of tetrazole rings is 2. The summed E-state index contributed by atoms with van der Waals surface area (Å²) in [7, 11) is 1.45. The number of benzene rings is 4. The molecule has 61 heavy (non-hydrogen) atoms. The van der Waals surface area contributed by atoms with Crippen molar-refractivity contribution in [3.8, 4) is 22.8 Å². The fourth-order valence-corrected chi connectivity index (χ4v) is 6.93. The van der Waals surface area contributed by atoms with Gasteiger partial charge < -0.3 is 36.0 Å². The van der Waals surface area contributed by atoms with Gasteiger partial charge >= 0.3 is 0 Å². The van der Waals surface area contributed by atoms with Crippen LogP contribution < -0.4 is 21.3 Å². The highest BCUT2D eigenvalue weighted by molar-refractivity contribution is 9.10. The van der Waals surface area contributed by atoms with E-state index in [4.69, 9.17) is 4.74 Å². The van der Waals surface area contributed by atoms with Gasteiger partial charge in [0.25, 0.3) is 11.8 Å². The maximum absolute atomic E-state index is 13.0. The van der Waals surface area contributed by atoms with Gasteiger partial charge in [0, 0.05) is 44.4 Å². The van der Waals surface area contributed by atoms with E-state index in [1.807, 2.05) is 44.2 Å². The average Bonchev–Trinajstić information content (AvgIpc) is 4.07. The molecule has 310 valence electrons. The lowest BCUT2D eigenvalue weighted by atomic mass is 10.1. The Morgan fingerprint density at radius 3 is 1.52 bits per heavy atom. The Bertz CT molecular complexity index is 2860. The third-order valence-corrected chi connectivity index (χ3v) is 9.84. The predicted octanol–water partition coefficient (Wildman–Crippen LogP) is 7.30. The number of nitrogens with one attached hydrogen (secondary N) is 8. The topological polar surface area (TPSA) is 266 Å². The van der Waals surface area contributed by atoms with Crippen LogP contribution in [0.4, 0.5) is 22.7 Å². The number of para-hydroxylation sites is 2. The van der Waals surface area contributed by atoms with Crippen LogP contribution in [0.2, 0.25) is 0 Å². The molecule has 8 rings (SSSR count). The summed E-state index contributed by atoms with van der Waals surface area (Å²) in [5.74, 6) is -0.0682. The van der Waals surface area contributed by atoms with Crippen molar-refractivity contribution in [2.45, 2.75) is 20.3 Å². The highest BCUT2D eigenvalue weighted by Crippen LogP contribution is 2.31. The number of rotatable bonds is 12. The van der Waals surface area contributed by atoms with Gasteiger partial charge in [-0.15, -0.1) is 20.4 Å². The third-order valence-electron chi connectivity index (χ3n) is 8.85. The number of amides is 4. The SMILES string of the molecule is CC(C)CC(=O)Nc1cccc2cc(C(=O)Nc3ccc(Br)cc3-c3nn[nH]n3)[nH]c12.COCC(=O)Nc1cccc2cc(C(=O)Nc3ccc(Br)cc3-c3nn[nH]n3)[nH]c12. The summed E-state index contributed by atoms with van der Waals surface area (Å²) in [5.41, 5.74) is 5.52. The normalized spacial score (nSPS) is 11.0. The summed E-state index contributed by atoms with van der Waals surface area (Å²) >= 11 is 6.83. The zero-order valence-electron chi connectivity index (χ0n) is 32.6. The van der Waals surface area contributed by atoms with Gasteiger partial charge in [0.2, 0.25) is 23.5 Å². The Balaban J connectivity index is 0.000000184. The molecular formula is C40H36Br2N14O5. The standard InChI is InChI=1S/C21H20BrN7O2.C19H16BrN7O3/c1-11(2)8-18(30)23-16-5-3-4-12-9-17(24-19(12)16)21(31)25-15-7-6-13(22)10-14(15)20-26-28-29-27-20;1-30-9-16(28)21-14-4-2-3-10-7-15(22-17(10)14)19(29)23-13-6-5-11(20)8-12(13)18-24-26-27-25-18/h3-7,9-11,24H,8H2,1-2H3,(H,23,30)(H,25,31)(H,26,27,28,29);2-8,22H,9H2,1H3,(H,21,28)(H,23,29)(H,24,25,26,27). The van der Waals surface area contributed by atoms with Crippen LogP contribution in [-0.4, -0.2) is 88.6 Å². The number of methoxy groups -OCH3 is 1. The van der Waals surface area contributed by atoms with Crippen LogP contribution in [0.25, 0.3) is 44.6 Å². The largest absolute Gasteiger partial charge is 0.375 e. The van der Waals surface area contributed by atoms with E-state index in [2.05, 4.69) is 104 Å². The second-order valence-corrected chi connectivity index (χ2v) is 15.6. The van der Waals surface area contributed by atoms with Crippen LogP contribution in [-0.2, 0) is 14.3 Å². The van der Waals surface area contributed by atoms with Gasteiger partial charge in [0.1, 0.15) is 18.0 Å². The van der Waals surface area contributed by atoms with E-state index in [-0.39, 0.29) is 36.2 Å². The fraction of sp³-hybridized carbons (Fsp3) is 0.150. The molecule has 4 heterocycles. The maximum atomic E-state index is 13.0. The molecule has 0 aliphatic heterocycles. The number of H-pyrrole nitrogens is 4. The van der Waals surface area contributed by atoms with Gasteiger partial charge in [0.05, 0.1) is 33.8 Å². The predicted molar refractivity (Wildman–Crippen MR) is 236 cm³/mol. The molecule has 0 atom stereocenters. The Morgan fingerprint density at radius 2 is 1.10 bits per heavy atom. The van der Waals surface area contributed by atoms with Crippen molar-refractivity contribution >= 4 is 100 Å². The first kappa shape index (κ1) is 42.0. The second kappa shape index (κ2) is 18.9. The summed E-state index contributed by atoms with van der Waals surface area (Å²) < 4.78 is 6.47. The monoisotopic (exact) mass is 950 g/mol. The van der Waals surface area contributed by atoms with Crippen LogP contribution in [0, 0.1) is 5.92 Å². The molecule has 0 bridgehead atoms. The molecule has 0 aliphatic carbocycles. The first-order valence-corrected chi connectivity index (χ1v) is 20.1. The quantitative estimate of drug-likeness (QED) is 0.0602. The van der Waals surface area contributed by atoms with E-state index in [1.54, 1.807) is 54.6 Å². The minimum Gasteiger partial charge on any atom is -0.375 e. The highest BCUT2D eigenvalue weighted by atomic mass is 79.9. The number of anilines is 4. The smallest absolute Gasteiger partial charge is 0.272 e. The van der Waals surface area contributed by atoms with Gasteiger partial charge in [-0.3, -0.25) is 19.2 Å². The van der Waals surface area contributed by atoms with E-state index < -0.39 is 0 Å². The molecule has 0 spiro atoms. The third kappa shape index (κ3) is 10.2. The summed E-state index contributed by atoms with van der Waals surface area (Å²) in [6.45, 7) is 3.91. The van der Waals surface area contributed by atoms with E-state index in [0.29, 0.717) is 74.4 Å². The molecule has 0 saturated heterocycles. The Hall–Kier alpha value is -7.10. The highest BCUT2D eigenvalue weighted by Gasteiger charge is 2.19. The summed E-state index contributed by atoms with van der Waals surface area (Å²) in [6, 6.07) is 25.1. The van der Waals surface area contributed by atoms with E-state index in [1.165, 1.54) is 7.11 Å². The second-order valence-electron chi connectivity index (χ2n) is 13.8. The minimum absolute atomic E-state index is 0.0626. The lowest BCUT2D eigenvalue weighted by molar-refractivity contribution is -0.119. The molecule has 0 radical (unpaired) electrons. The lowest BCUT2D eigenvalue weighted by Crippen LogP contribution is -2.17. The van der Waals surface area contributed by atoms with Crippen LogP contribution in [0.1, 0.15) is 41.2 Å². The number of carbonyl (C=O) groups excluding carboxylic acids is 4. The number of hydrogen-bond acceptors (Lipinski definition) is 11. The number of ether oxygens (including phenoxy) is 1. The molecule has 0 unspecified atom stereocenters. The van der Waals surface area contributed by atoms with E-state index >= 15 is 0 Å². The maximum Gasteiger partial charge on any atom is 0.272 e. The molecular weight excluding hydrogens is 916 g/mol. The zero-order valence-corrected chi connectivity index (χ0v) is 35.7. The van der Waals surface area contributed by atoms with Crippen molar-refractivity contribution in [2.75, 3.05) is 35.0 Å². The van der Waals surface area contributed by atoms with Crippen LogP contribution in [0.3, 0.4) is 0 Å². The summed E-state index contributed by atoms with van der Waals surface area (Å²) in [5, 5.41) is 40.9. The molecule has 0 saturated carbocycles. The van der Waals surface area contributed by atoms with Crippen molar-refractivity contribution in [2.24, 2.45) is 5.92 Å². The minimum atomic E-state index is -0.354. The summed E-state index contributed by atoms with van der Waals surface area (Å²) in [6.07, 6.45) is 0.423. The number of carbonyl (C=O) groups is 4. The molecule has 8 N–H and O–H groups in total. The number of halogens is 2. The number of hydrogen-bond donors (Lipinski definition) is 8. The van der Waals surface area contributed by atoms with Crippen molar-refractivity contribution in [3.05, 3.63) is 105 Å². The van der Waals surface area contributed by atoms with Gasteiger partial charge in [-0.1, -0.05) is 70.0 Å². The summed E-state index contributed by atoms with van der Waals surface area (Å²) in [4.78, 5) is 56.1. The van der Waals surface area contributed by atoms with Gasteiger partial charge in [-0.2, -0.15) is 10.4 Å². The van der Waals surface area contributed by atoms with Crippen molar-refractivity contribution in [1.82, 2.24) is 51.2 Å². The molecule has 19 nitrogen and oxygen atoms in total. The van der Waals surface area contributed by atoms with Crippen LogP contribution in [0.15, 0.2) is 93.9 Å². The van der Waals surface area contributed by atoms with Gasteiger partial charge in [-0.05, 0) is 77.0 Å². The van der Waals surface area contributed by atoms with Crippen LogP contribution >= 0.6 is 31.9 Å². The van der Waals surface area contributed by atoms with E-state index in [9.17, 15) is 19.2 Å². The average molecular weight is 953 g/mol. The molecule has 4 aromatic heterocycles. The molecule has 4 amide bonds. The van der Waals surface area contributed by atoms with Crippen molar-refractivity contribution < 1.29 is 23.9 Å². The Morgan fingerprint density at radius 1 is 0.623 bits per heavy atom. The first-order chi connectivity index (χ1) is 29.4. The molecule has 0 fully saturated rings. The number of nitrogens with zero attached hydrogens (tertiary/aromatic N) is 6. The molecule has 4 aromatic carbocycles. The number of fused-ring (bicyclic) bond motifs is 2. The fourth-order valence-electron chi connectivity index (χ4n) is 6.21.